The highest BCUT2D eigenvalue weighted by atomic mass is 31.0. The monoisotopic (exact) mass is 141 g/mol. The van der Waals surface area contributed by atoms with Crippen molar-refractivity contribution in [2.75, 3.05) is 5.73 Å². The molecular weight excluding hydrogens is 133 g/mol. The summed E-state index contributed by atoms with van der Waals surface area (Å²) < 4.78 is 4.84. The average Bonchev–Trinajstić information content (AvgIpc) is 1.89. The Bertz CT molecular complexity index is 202. The summed E-state index contributed by atoms with van der Waals surface area (Å²) in [6.45, 7) is 0. The number of para-hydroxylation sites is 2. The molecule has 48 valence electrons. The second-order valence-corrected chi connectivity index (χ2v) is 1.89. The van der Waals surface area contributed by atoms with Crippen molar-refractivity contribution in [3.8, 4) is 5.75 Å². The van der Waals surface area contributed by atoms with Crippen LogP contribution < -0.4 is 10.3 Å². The van der Waals surface area contributed by atoms with Gasteiger partial charge in [0.15, 0.2) is 0 Å². The molecule has 1 aromatic rings. The van der Waals surface area contributed by atoms with Crippen LogP contribution in [0.25, 0.3) is 0 Å². The largest absolute Gasteiger partial charge is 0.478 e. The van der Waals surface area contributed by atoms with Gasteiger partial charge >= 0.3 is 0 Å². The van der Waals surface area contributed by atoms with Crippen LogP contribution in [0.1, 0.15) is 0 Å². The molecule has 1 rings (SSSR count). The third-order valence-corrected chi connectivity index (χ3v) is 1.30. The van der Waals surface area contributed by atoms with Gasteiger partial charge in [-0.3, -0.25) is 0 Å². The minimum absolute atomic E-state index is 0.660. The maximum Gasteiger partial charge on any atom is 0.145 e. The summed E-state index contributed by atoms with van der Waals surface area (Å²) in [6, 6.07) is 7.33. The lowest BCUT2D eigenvalue weighted by Crippen LogP contribution is -1.86. The first-order valence-electron chi connectivity index (χ1n) is 2.56. The van der Waals surface area contributed by atoms with E-state index >= 15 is 0 Å². The van der Waals surface area contributed by atoms with Gasteiger partial charge in [0, 0.05) is 0 Å². The van der Waals surface area contributed by atoms with Gasteiger partial charge in [-0.1, -0.05) is 12.1 Å². The minimum atomic E-state index is 0.660. The summed E-state index contributed by atoms with van der Waals surface area (Å²) >= 11 is 0. The molecule has 2 N–H and O–H groups in total. The number of hydrogen-bond donors (Lipinski definition) is 1. The van der Waals surface area contributed by atoms with E-state index in [1.165, 1.54) is 0 Å². The zero-order chi connectivity index (χ0) is 6.69. The highest BCUT2D eigenvalue weighted by Crippen LogP contribution is 2.20. The Hall–Kier alpha value is -0.750. The standard InChI is InChI=1S/C6H8NOP/c7-5-3-1-2-4-6(5)8-9/h1-4H,7,9H2. The van der Waals surface area contributed by atoms with Crippen LogP contribution in [-0.4, -0.2) is 0 Å². The lowest BCUT2D eigenvalue weighted by Gasteiger charge is -2.00. The molecule has 0 saturated carbocycles. The number of nitrogens with two attached hydrogens (primary N) is 1. The molecule has 3 heteroatoms. The fourth-order valence-corrected chi connectivity index (χ4v) is 0.803. The summed E-state index contributed by atoms with van der Waals surface area (Å²) in [7, 11) is 2.15. The minimum Gasteiger partial charge on any atom is -0.478 e. The molecular formula is C6H8NOP. The number of hydrogen-bond acceptors (Lipinski definition) is 2. The second-order valence-electron chi connectivity index (χ2n) is 1.66. The summed E-state index contributed by atoms with van der Waals surface area (Å²) in [5, 5.41) is 0. The Kier molecular flexibility index (Phi) is 1.91. The van der Waals surface area contributed by atoms with Crippen LogP contribution in [0.4, 0.5) is 5.69 Å². The van der Waals surface area contributed by atoms with E-state index in [2.05, 4.69) is 9.47 Å². The zero-order valence-electron chi connectivity index (χ0n) is 4.87. The Morgan fingerprint density at radius 3 is 2.44 bits per heavy atom. The maximum atomic E-state index is 5.49. The van der Waals surface area contributed by atoms with Crippen molar-refractivity contribution in [2.24, 2.45) is 0 Å². The fraction of sp³-hybridized carbons (Fsp3) is 0. The third kappa shape index (κ3) is 1.33. The van der Waals surface area contributed by atoms with Crippen molar-refractivity contribution in [1.29, 1.82) is 0 Å². The van der Waals surface area contributed by atoms with Gasteiger partial charge in [-0.05, 0) is 12.1 Å². The van der Waals surface area contributed by atoms with Crippen molar-refractivity contribution in [2.45, 2.75) is 0 Å². The predicted molar refractivity (Wildman–Crippen MR) is 41.2 cm³/mol. The molecule has 0 aliphatic heterocycles. The number of nitrogen functional groups attached to an aromatic ring is 1. The molecule has 1 atom stereocenters. The van der Waals surface area contributed by atoms with Gasteiger partial charge in [0.05, 0.1) is 15.2 Å². The van der Waals surface area contributed by atoms with Gasteiger partial charge in [-0.2, -0.15) is 0 Å². The van der Waals surface area contributed by atoms with E-state index in [0.29, 0.717) is 11.4 Å². The first kappa shape index (κ1) is 6.37. The topological polar surface area (TPSA) is 35.2 Å². The SMILES string of the molecule is Nc1ccccc1OP. The number of rotatable bonds is 1. The van der Waals surface area contributed by atoms with E-state index in [1.54, 1.807) is 6.07 Å². The highest BCUT2D eigenvalue weighted by Gasteiger charge is 1.91. The normalized spacial score (nSPS) is 9.00. The molecule has 0 radical (unpaired) electrons. The average molecular weight is 141 g/mol. The third-order valence-electron chi connectivity index (χ3n) is 1.05. The molecule has 0 fully saturated rings. The molecule has 2 nitrogen and oxygen atoms in total. The van der Waals surface area contributed by atoms with Crippen LogP contribution in [0, 0.1) is 0 Å². The Balaban J connectivity index is 3.01. The van der Waals surface area contributed by atoms with E-state index in [0.717, 1.165) is 0 Å². The quantitative estimate of drug-likeness (QED) is 0.474. The van der Waals surface area contributed by atoms with E-state index in [1.807, 2.05) is 18.2 Å². The zero-order valence-corrected chi connectivity index (χ0v) is 6.03. The van der Waals surface area contributed by atoms with Crippen LogP contribution in [0.5, 0.6) is 5.75 Å². The summed E-state index contributed by atoms with van der Waals surface area (Å²) in [4.78, 5) is 0. The predicted octanol–water partition coefficient (Wildman–Crippen LogP) is 1.44. The van der Waals surface area contributed by atoms with Gasteiger partial charge in [0.2, 0.25) is 0 Å². The molecule has 0 saturated heterocycles. The van der Waals surface area contributed by atoms with Gasteiger partial charge < -0.3 is 10.3 Å². The van der Waals surface area contributed by atoms with Gasteiger partial charge in [0.25, 0.3) is 0 Å². The summed E-state index contributed by atoms with van der Waals surface area (Å²) in [5.74, 6) is 0.697. The molecule has 1 aromatic carbocycles. The van der Waals surface area contributed by atoms with Gasteiger partial charge in [-0.15, -0.1) is 0 Å². The molecule has 0 heterocycles. The fourth-order valence-electron chi connectivity index (χ4n) is 0.588. The Morgan fingerprint density at radius 1 is 1.33 bits per heavy atom. The lowest BCUT2D eigenvalue weighted by atomic mass is 10.3. The number of benzene rings is 1. The van der Waals surface area contributed by atoms with Gasteiger partial charge in [-0.25, -0.2) is 0 Å². The lowest BCUT2D eigenvalue weighted by molar-refractivity contribution is 0.649. The van der Waals surface area contributed by atoms with Crippen LogP contribution in [0.3, 0.4) is 0 Å². The molecule has 9 heavy (non-hydrogen) atoms. The molecule has 0 spiro atoms. The Labute approximate surface area is 56.3 Å². The van der Waals surface area contributed by atoms with Crippen LogP contribution >= 0.6 is 9.47 Å². The highest BCUT2D eigenvalue weighted by molar-refractivity contribution is 7.10. The van der Waals surface area contributed by atoms with Crippen molar-refractivity contribution < 1.29 is 4.52 Å². The second kappa shape index (κ2) is 2.70. The first-order valence-corrected chi connectivity index (χ1v) is 3.03. The van der Waals surface area contributed by atoms with Crippen LogP contribution in [-0.2, 0) is 0 Å². The van der Waals surface area contributed by atoms with Crippen molar-refractivity contribution in [3.05, 3.63) is 24.3 Å². The van der Waals surface area contributed by atoms with Crippen molar-refractivity contribution in [1.82, 2.24) is 0 Å². The molecule has 0 aliphatic carbocycles. The smallest absolute Gasteiger partial charge is 0.145 e. The molecule has 0 aromatic heterocycles. The Morgan fingerprint density at radius 2 is 2.00 bits per heavy atom. The van der Waals surface area contributed by atoms with Crippen LogP contribution in [0.2, 0.25) is 0 Å². The molecule has 0 amide bonds. The van der Waals surface area contributed by atoms with Crippen LogP contribution in [0.15, 0.2) is 24.3 Å². The molecule has 0 aliphatic rings. The van der Waals surface area contributed by atoms with E-state index in [-0.39, 0.29) is 0 Å². The van der Waals surface area contributed by atoms with Crippen molar-refractivity contribution >= 4 is 15.2 Å². The van der Waals surface area contributed by atoms with E-state index < -0.39 is 0 Å². The summed E-state index contributed by atoms with van der Waals surface area (Å²) in [6.07, 6.45) is 0. The molecule has 0 bridgehead atoms. The molecule has 1 unspecified atom stereocenters. The van der Waals surface area contributed by atoms with Gasteiger partial charge in [0.1, 0.15) is 5.75 Å². The summed E-state index contributed by atoms with van der Waals surface area (Å²) in [5.41, 5.74) is 6.15. The first-order chi connectivity index (χ1) is 4.34. The van der Waals surface area contributed by atoms with E-state index in [9.17, 15) is 0 Å². The van der Waals surface area contributed by atoms with Crippen molar-refractivity contribution in [3.63, 3.8) is 0 Å². The number of anilines is 1. The maximum absolute atomic E-state index is 5.49. The van der Waals surface area contributed by atoms with E-state index in [4.69, 9.17) is 10.3 Å².